The molecular weight excluding hydrogens is 148 g/mol. The molecule has 0 rings (SSSR count). The van der Waals surface area contributed by atoms with Crippen molar-refractivity contribution in [2.45, 2.75) is 5.25 Å². The summed E-state index contributed by atoms with van der Waals surface area (Å²) < 4.78 is 28.0. The molecule has 5 nitrogen and oxygen atoms in total. The Morgan fingerprint density at radius 1 is 1.56 bits per heavy atom. The van der Waals surface area contributed by atoms with Gasteiger partial charge in [-0.15, -0.1) is 0 Å². The zero-order valence-electron chi connectivity index (χ0n) is 4.39. The fraction of sp³-hybridized carbons (Fsp3) is 0.667. The second-order valence-electron chi connectivity index (χ2n) is 1.37. The normalized spacial score (nSPS) is 14.9. The Bertz CT molecular complexity index is 180. The minimum Gasteiger partial charge on any atom is -0.394 e. The predicted molar refractivity (Wildman–Crippen MR) is 28.5 cm³/mol. The van der Waals surface area contributed by atoms with Crippen molar-refractivity contribution in [3.8, 4) is 0 Å². The molecule has 0 radical (unpaired) electrons. The topological polar surface area (TPSA) is 91.7 Å². The van der Waals surface area contributed by atoms with Crippen LogP contribution in [0, 0.1) is 0 Å². The van der Waals surface area contributed by atoms with Crippen LogP contribution in [0.1, 0.15) is 0 Å². The standard InChI is InChI=1S/C3H6O5S/c4-1-3(2-5)9(6,7)8/h1,3,5H,2H2,(H,6,7,8). The van der Waals surface area contributed by atoms with Crippen LogP contribution in [0.25, 0.3) is 0 Å². The largest absolute Gasteiger partial charge is 0.394 e. The van der Waals surface area contributed by atoms with Gasteiger partial charge in [0.15, 0.2) is 5.25 Å². The maximum absolute atomic E-state index is 9.96. The van der Waals surface area contributed by atoms with E-state index in [0.29, 0.717) is 0 Å². The van der Waals surface area contributed by atoms with Gasteiger partial charge in [0.25, 0.3) is 10.1 Å². The molecule has 54 valence electrons. The average molecular weight is 154 g/mol. The molecule has 2 N–H and O–H groups in total. The predicted octanol–water partition coefficient (Wildman–Crippen LogP) is -1.57. The summed E-state index contributed by atoms with van der Waals surface area (Å²) in [5, 5.41) is 6.39. The molecular formula is C3H6O5S. The maximum atomic E-state index is 9.96. The van der Waals surface area contributed by atoms with Crippen LogP contribution < -0.4 is 0 Å². The van der Waals surface area contributed by atoms with E-state index in [1.54, 1.807) is 0 Å². The SMILES string of the molecule is O=CC(CO)S(=O)(=O)O. The minimum atomic E-state index is -4.38. The molecule has 6 heteroatoms. The fourth-order valence-electron chi connectivity index (χ4n) is 0.207. The van der Waals surface area contributed by atoms with Crippen LogP contribution in [0.4, 0.5) is 0 Å². The Balaban J connectivity index is 4.32. The van der Waals surface area contributed by atoms with Gasteiger partial charge in [0.05, 0.1) is 6.61 Å². The Labute approximate surface area is 52.1 Å². The molecule has 0 saturated carbocycles. The summed E-state index contributed by atoms with van der Waals surface area (Å²) in [6.45, 7) is -0.887. The van der Waals surface area contributed by atoms with Crippen molar-refractivity contribution in [2.75, 3.05) is 6.61 Å². The molecule has 0 bridgehead atoms. The third kappa shape index (κ3) is 2.54. The number of aldehydes is 1. The van der Waals surface area contributed by atoms with E-state index in [2.05, 4.69) is 0 Å². The summed E-state index contributed by atoms with van der Waals surface area (Å²) in [5.41, 5.74) is 0. The van der Waals surface area contributed by atoms with Crippen molar-refractivity contribution in [3.05, 3.63) is 0 Å². The van der Waals surface area contributed by atoms with Crippen LogP contribution in [0.2, 0.25) is 0 Å². The Hall–Kier alpha value is -0.460. The molecule has 9 heavy (non-hydrogen) atoms. The second kappa shape index (κ2) is 2.90. The number of carbonyl (C=O) groups excluding carboxylic acids is 1. The molecule has 0 aliphatic carbocycles. The van der Waals surface area contributed by atoms with Gasteiger partial charge in [-0.25, -0.2) is 0 Å². The van der Waals surface area contributed by atoms with E-state index in [9.17, 15) is 13.2 Å². The highest BCUT2D eigenvalue weighted by atomic mass is 32.2. The number of carbonyl (C=O) groups is 1. The first-order valence-electron chi connectivity index (χ1n) is 2.05. The zero-order chi connectivity index (χ0) is 7.49. The Kier molecular flexibility index (Phi) is 2.75. The molecule has 0 heterocycles. The highest BCUT2D eigenvalue weighted by Gasteiger charge is 2.20. The highest BCUT2D eigenvalue weighted by Crippen LogP contribution is 1.91. The molecule has 0 amide bonds. The van der Waals surface area contributed by atoms with Crippen LogP contribution in [-0.2, 0) is 14.9 Å². The molecule has 0 aromatic rings. The third-order valence-corrected chi connectivity index (χ3v) is 1.74. The first-order valence-corrected chi connectivity index (χ1v) is 3.55. The van der Waals surface area contributed by atoms with Gasteiger partial charge < -0.3 is 9.90 Å². The van der Waals surface area contributed by atoms with Crippen LogP contribution in [0.5, 0.6) is 0 Å². The van der Waals surface area contributed by atoms with Gasteiger partial charge in [-0.3, -0.25) is 4.55 Å². The van der Waals surface area contributed by atoms with Crippen molar-refractivity contribution in [1.82, 2.24) is 0 Å². The Morgan fingerprint density at radius 2 is 2.00 bits per heavy atom. The zero-order valence-corrected chi connectivity index (χ0v) is 5.21. The summed E-state index contributed by atoms with van der Waals surface area (Å²) in [7, 11) is -4.38. The van der Waals surface area contributed by atoms with Gasteiger partial charge in [0, 0.05) is 0 Å². The van der Waals surface area contributed by atoms with E-state index in [0.717, 1.165) is 0 Å². The van der Waals surface area contributed by atoms with Crippen LogP contribution >= 0.6 is 0 Å². The van der Waals surface area contributed by atoms with Crippen molar-refractivity contribution in [2.24, 2.45) is 0 Å². The first kappa shape index (κ1) is 8.54. The summed E-state index contributed by atoms with van der Waals surface area (Å²) >= 11 is 0. The van der Waals surface area contributed by atoms with Gasteiger partial charge in [-0.1, -0.05) is 0 Å². The van der Waals surface area contributed by atoms with E-state index in [1.165, 1.54) is 0 Å². The van der Waals surface area contributed by atoms with Gasteiger partial charge in [0.1, 0.15) is 6.29 Å². The van der Waals surface area contributed by atoms with Crippen molar-refractivity contribution in [1.29, 1.82) is 0 Å². The molecule has 0 fully saturated rings. The number of rotatable bonds is 3. The van der Waals surface area contributed by atoms with Gasteiger partial charge in [-0.05, 0) is 0 Å². The average Bonchev–Trinajstić information content (AvgIpc) is 1.65. The molecule has 1 unspecified atom stereocenters. The molecule has 0 saturated heterocycles. The summed E-state index contributed by atoms with van der Waals surface area (Å²) in [4.78, 5) is 9.68. The maximum Gasteiger partial charge on any atom is 0.277 e. The summed E-state index contributed by atoms with van der Waals surface area (Å²) in [6.07, 6.45) is -0.0324. The fourth-order valence-corrected chi connectivity index (χ4v) is 0.536. The van der Waals surface area contributed by atoms with Gasteiger partial charge >= 0.3 is 0 Å². The molecule has 0 aliphatic rings. The number of aliphatic hydroxyl groups is 1. The molecule has 0 aromatic carbocycles. The molecule has 0 aromatic heterocycles. The summed E-state index contributed by atoms with van der Waals surface area (Å²) in [6, 6.07) is 0. The molecule has 1 atom stereocenters. The molecule has 0 aliphatic heterocycles. The highest BCUT2D eigenvalue weighted by molar-refractivity contribution is 7.87. The van der Waals surface area contributed by atoms with Crippen LogP contribution in [-0.4, -0.2) is 36.2 Å². The lowest BCUT2D eigenvalue weighted by atomic mass is 10.5. The van der Waals surface area contributed by atoms with Crippen molar-refractivity contribution >= 4 is 16.4 Å². The lowest BCUT2D eigenvalue weighted by Crippen LogP contribution is -2.25. The monoisotopic (exact) mass is 154 g/mol. The third-order valence-electron chi connectivity index (χ3n) is 0.714. The van der Waals surface area contributed by atoms with E-state index in [1.807, 2.05) is 0 Å². The summed E-state index contributed by atoms with van der Waals surface area (Å²) in [5.74, 6) is 0. The van der Waals surface area contributed by atoms with E-state index >= 15 is 0 Å². The quantitative estimate of drug-likeness (QED) is 0.378. The molecule has 0 spiro atoms. The minimum absolute atomic E-state index is 0.0324. The first-order chi connectivity index (χ1) is 4.02. The number of aliphatic hydroxyl groups excluding tert-OH is 1. The smallest absolute Gasteiger partial charge is 0.277 e. The lowest BCUT2D eigenvalue weighted by molar-refractivity contribution is -0.108. The van der Waals surface area contributed by atoms with Crippen LogP contribution in [0.15, 0.2) is 0 Å². The van der Waals surface area contributed by atoms with E-state index in [4.69, 9.17) is 9.66 Å². The Morgan fingerprint density at radius 3 is 2.00 bits per heavy atom. The van der Waals surface area contributed by atoms with Gasteiger partial charge in [0.2, 0.25) is 0 Å². The lowest BCUT2D eigenvalue weighted by Gasteiger charge is -1.98. The van der Waals surface area contributed by atoms with Crippen LogP contribution in [0.3, 0.4) is 0 Å². The van der Waals surface area contributed by atoms with E-state index in [-0.39, 0.29) is 6.29 Å². The number of hydrogen-bond donors (Lipinski definition) is 2. The number of hydrogen-bond acceptors (Lipinski definition) is 4. The second-order valence-corrected chi connectivity index (χ2v) is 3.01. The van der Waals surface area contributed by atoms with Gasteiger partial charge in [-0.2, -0.15) is 8.42 Å². The van der Waals surface area contributed by atoms with Crippen molar-refractivity contribution < 1.29 is 22.9 Å². The van der Waals surface area contributed by atoms with E-state index < -0.39 is 22.0 Å². The van der Waals surface area contributed by atoms with Crippen molar-refractivity contribution in [3.63, 3.8) is 0 Å².